The molecule has 2 aromatic carbocycles. The maximum atomic E-state index is 12.8. The predicted octanol–water partition coefficient (Wildman–Crippen LogP) is 5.62. The van der Waals surface area contributed by atoms with Gasteiger partial charge in [0.05, 0.1) is 5.56 Å². The molecule has 1 N–H and O–H groups in total. The summed E-state index contributed by atoms with van der Waals surface area (Å²) in [4.78, 5) is 17.0. The second-order valence-electron chi connectivity index (χ2n) is 6.45. The van der Waals surface area contributed by atoms with Gasteiger partial charge in [-0.3, -0.25) is 4.79 Å². The fourth-order valence-electron chi connectivity index (χ4n) is 3.55. The van der Waals surface area contributed by atoms with Crippen LogP contribution in [0, 0.1) is 0 Å². The molecule has 122 valence electrons. The molecule has 1 heterocycles. The van der Waals surface area contributed by atoms with Gasteiger partial charge in [0, 0.05) is 21.0 Å². The number of hydrogen-bond acceptors (Lipinski definition) is 2. The summed E-state index contributed by atoms with van der Waals surface area (Å²) in [7, 11) is 0. The number of hydrogen-bond donors (Lipinski definition) is 1. The van der Waals surface area contributed by atoms with Crippen molar-refractivity contribution in [2.45, 2.75) is 42.2 Å². The first kappa shape index (κ1) is 15.5. The van der Waals surface area contributed by atoms with Crippen LogP contribution in [0.5, 0.6) is 0 Å². The van der Waals surface area contributed by atoms with E-state index in [9.17, 15) is 4.79 Å². The molecule has 2 nitrogen and oxygen atoms in total. The van der Waals surface area contributed by atoms with Gasteiger partial charge >= 0.3 is 0 Å². The quantitative estimate of drug-likeness (QED) is 0.674. The number of para-hydroxylation sites is 1. The van der Waals surface area contributed by atoms with Gasteiger partial charge in [0.15, 0.2) is 0 Å². The molecule has 0 spiro atoms. The molecule has 0 atom stereocenters. The molecule has 0 aliphatic heterocycles. The highest BCUT2D eigenvalue weighted by atomic mass is 32.2. The van der Waals surface area contributed by atoms with Crippen molar-refractivity contribution in [3.05, 3.63) is 65.0 Å². The van der Waals surface area contributed by atoms with Crippen molar-refractivity contribution in [3.8, 4) is 11.1 Å². The Morgan fingerprint density at radius 1 is 0.875 bits per heavy atom. The minimum absolute atomic E-state index is 0.0122. The number of thioether (sulfide) groups is 1. The maximum Gasteiger partial charge on any atom is 0.257 e. The number of pyridine rings is 1. The molecule has 3 heteroatoms. The highest BCUT2D eigenvalue weighted by Gasteiger charge is 2.20. The van der Waals surface area contributed by atoms with Crippen molar-refractivity contribution in [2.75, 3.05) is 0 Å². The van der Waals surface area contributed by atoms with Crippen LogP contribution in [0.1, 0.15) is 32.1 Å². The minimum atomic E-state index is 0.0122. The Balaban J connectivity index is 1.91. The first-order chi connectivity index (χ1) is 11.8. The Bertz CT molecular complexity index is 895. The van der Waals surface area contributed by atoms with Crippen molar-refractivity contribution in [1.82, 2.24) is 4.98 Å². The number of nitrogens with one attached hydrogen (secondary N) is 1. The summed E-state index contributed by atoms with van der Waals surface area (Å²) in [6.45, 7) is 0. The Morgan fingerprint density at radius 2 is 1.58 bits per heavy atom. The molecule has 1 fully saturated rings. The van der Waals surface area contributed by atoms with Gasteiger partial charge in [0.2, 0.25) is 0 Å². The zero-order valence-corrected chi connectivity index (χ0v) is 14.4. The van der Waals surface area contributed by atoms with Gasteiger partial charge in [-0.1, -0.05) is 67.8 Å². The summed E-state index contributed by atoms with van der Waals surface area (Å²) in [5.74, 6) is 0. The lowest BCUT2D eigenvalue weighted by Crippen LogP contribution is -2.13. The van der Waals surface area contributed by atoms with E-state index >= 15 is 0 Å². The molecular weight excluding hydrogens is 314 g/mol. The first-order valence-corrected chi connectivity index (χ1v) is 9.58. The molecule has 4 rings (SSSR count). The summed E-state index contributed by atoms with van der Waals surface area (Å²) in [5.41, 5.74) is 2.77. The monoisotopic (exact) mass is 335 g/mol. The molecule has 0 radical (unpaired) electrons. The standard InChI is InChI=1S/C21H21NOS/c23-21-19(15-9-3-1-4-10-15)20(24-16-11-5-2-6-12-16)17-13-7-8-14-18(17)22-21/h1,3-4,7-10,13-14,16H,2,5-6,11-12H2,(H,22,23). The predicted molar refractivity (Wildman–Crippen MR) is 103 cm³/mol. The molecule has 1 aliphatic rings. The number of fused-ring (bicyclic) bond motifs is 1. The van der Waals surface area contributed by atoms with E-state index in [0.29, 0.717) is 5.25 Å². The Morgan fingerprint density at radius 3 is 2.38 bits per heavy atom. The van der Waals surface area contributed by atoms with Gasteiger partial charge in [0.1, 0.15) is 0 Å². The summed E-state index contributed by atoms with van der Waals surface area (Å²) in [6.07, 6.45) is 6.46. The van der Waals surface area contributed by atoms with Gasteiger partial charge < -0.3 is 4.98 Å². The van der Waals surface area contributed by atoms with Gasteiger partial charge in [-0.2, -0.15) is 0 Å². The lowest BCUT2D eigenvalue weighted by atomic mass is 10.0. The highest BCUT2D eigenvalue weighted by Crippen LogP contribution is 2.40. The van der Waals surface area contributed by atoms with Crippen LogP contribution >= 0.6 is 11.8 Å². The van der Waals surface area contributed by atoms with Crippen molar-refractivity contribution in [2.24, 2.45) is 0 Å². The zero-order valence-electron chi connectivity index (χ0n) is 13.6. The Labute approximate surface area is 146 Å². The summed E-state index contributed by atoms with van der Waals surface area (Å²) < 4.78 is 0. The summed E-state index contributed by atoms with van der Waals surface area (Å²) in [5, 5.41) is 1.78. The number of aromatic nitrogens is 1. The molecule has 1 aliphatic carbocycles. The van der Waals surface area contributed by atoms with E-state index in [-0.39, 0.29) is 5.56 Å². The summed E-state index contributed by atoms with van der Waals surface area (Å²) in [6, 6.07) is 18.2. The number of H-pyrrole nitrogens is 1. The lowest BCUT2D eigenvalue weighted by molar-refractivity contribution is 0.516. The minimum Gasteiger partial charge on any atom is -0.321 e. The molecule has 0 amide bonds. The van der Waals surface area contributed by atoms with E-state index < -0.39 is 0 Å². The molecule has 3 aromatic rings. The van der Waals surface area contributed by atoms with Crippen molar-refractivity contribution >= 4 is 22.7 Å². The van der Waals surface area contributed by atoms with Gasteiger partial charge in [-0.15, -0.1) is 11.8 Å². The third-order valence-corrected chi connectivity index (χ3v) is 6.24. The largest absolute Gasteiger partial charge is 0.321 e. The average molecular weight is 335 g/mol. The van der Waals surface area contributed by atoms with Gasteiger partial charge in [-0.05, 0) is 24.5 Å². The zero-order chi connectivity index (χ0) is 16.4. The molecule has 0 saturated heterocycles. The van der Waals surface area contributed by atoms with Crippen LogP contribution in [0.25, 0.3) is 22.0 Å². The molecule has 0 bridgehead atoms. The molecule has 0 unspecified atom stereocenters. The third-order valence-electron chi connectivity index (χ3n) is 4.77. The van der Waals surface area contributed by atoms with E-state index in [1.165, 1.54) is 32.1 Å². The van der Waals surface area contributed by atoms with Crippen LogP contribution in [0.15, 0.2) is 64.3 Å². The normalized spacial score (nSPS) is 15.7. The smallest absolute Gasteiger partial charge is 0.257 e. The van der Waals surface area contributed by atoms with E-state index in [4.69, 9.17) is 0 Å². The number of rotatable bonds is 3. The number of aromatic amines is 1. The van der Waals surface area contributed by atoms with Crippen LogP contribution in [-0.2, 0) is 0 Å². The SMILES string of the molecule is O=c1[nH]c2ccccc2c(SC2CCCCC2)c1-c1ccccc1. The van der Waals surface area contributed by atoms with E-state index in [2.05, 4.69) is 17.1 Å². The third kappa shape index (κ3) is 3.01. The fourth-order valence-corrected chi connectivity index (χ4v) is 5.09. The first-order valence-electron chi connectivity index (χ1n) is 8.70. The average Bonchev–Trinajstić information content (AvgIpc) is 2.63. The van der Waals surface area contributed by atoms with Crippen molar-refractivity contribution < 1.29 is 0 Å². The van der Waals surface area contributed by atoms with Gasteiger partial charge in [0.25, 0.3) is 5.56 Å². The van der Waals surface area contributed by atoms with Crippen LogP contribution in [0.2, 0.25) is 0 Å². The lowest BCUT2D eigenvalue weighted by Gasteiger charge is -2.23. The van der Waals surface area contributed by atoms with E-state index in [1.54, 1.807) is 0 Å². The van der Waals surface area contributed by atoms with Crippen LogP contribution in [-0.4, -0.2) is 10.2 Å². The maximum absolute atomic E-state index is 12.8. The van der Waals surface area contributed by atoms with Crippen LogP contribution < -0.4 is 5.56 Å². The second-order valence-corrected chi connectivity index (χ2v) is 7.76. The van der Waals surface area contributed by atoms with Crippen LogP contribution in [0.4, 0.5) is 0 Å². The Kier molecular flexibility index (Phi) is 4.44. The highest BCUT2D eigenvalue weighted by molar-refractivity contribution is 8.00. The van der Waals surface area contributed by atoms with Crippen molar-refractivity contribution in [3.63, 3.8) is 0 Å². The molecular formula is C21H21NOS. The van der Waals surface area contributed by atoms with Crippen molar-refractivity contribution in [1.29, 1.82) is 0 Å². The summed E-state index contributed by atoms with van der Waals surface area (Å²) >= 11 is 1.91. The van der Waals surface area contributed by atoms with E-state index in [0.717, 1.165) is 26.9 Å². The van der Waals surface area contributed by atoms with E-state index in [1.807, 2.05) is 54.2 Å². The second kappa shape index (κ2) is 6.86. The molecule has 24 heavy (non-hydrogen) atoms. The Hall–Kier alpha value is -2.00. The fraction of sp³-hybridized carbons (Fsp3) is 0.286. The topological polar surface area (TPSA) is 32.9 Å². The number of benzene rings is 2. The molecule has 1 aromatic heterocycles. The van der Waals surface area contributed by atoms with Crippen LogP contribution in [0.3, 0.4) is 0 Å². The van der Waals surface area contributed by atoms with Gasteiger partial charge in [-0.25, -0.2) is 0 Å². The molecule has 1 saturated carbocycles.